The monoisotopic (exact) mass is 372 g/mol. The molecule has 0 spiro atoms. The number of fused-ring (bicyclic) bond motifs is 1. The summed E-state index contributed by atoms with van der Waals surface area (Å²) in [6.45, 7) is 7.75. The molecular formula is C19H20N2O2S2. The number of rotatable bonds is 5. The topological polar surface area (TPSA) is 62.8 Å². The van der Waals surface area contributed by atoms with Gasteiger partial charge in [0, 0.05) is 22.6 Å². The Morgan fingerprint density at radius 3 is 2.68 bits per heavy atom. The van der Waals surface area contributed by atoms with Gasteiger partial charge in [0.15, 0.2) is 5.16 Å². The van der Waals surface area contributed by atoms with E-state index in [4.69, 9.17) is 0 Å². The number of hydrogen-bond acceptors (Lipinski definition) is 5. The Hall–Kier alpha value is -1.92. The van der Waals surface area contributed by atoms with Crippen LogP contribution in [0.5, 0.6) is 0 Å². The van der Waals surface area contributed by atoms with Crippen molar-refractivity contribution in [2.75, 3.05) is 5.75 Å². The van der Waals surface area contributed by atoms with Crippen LogP contribution < -0.4 is 5.56 Å². The van der Waals surface area contributed by atoms with Crippen LogP contribution in [-0.4, -0.2) is 21.5 Å². The third-order valence-electron chi connectivity index (χ3n) is 4.20. The number of carbonyl (C=O) groups excluding carboxylic acids is 1. The molecule has 0 fully saturated rings. The molecule has 0 radical (unpaired) electrons. The zero-order chi connectivity index (χ0) is 18.1. The van der Waals surface area contributed by atoms with Gasteiger partial charge in [-0.1, -0.05) is 30.0 Å². The van der Waals surface area contributed by atoms with Crippen LogP contribution in [0.25, 0.3) is 21.3 Å². The molecule has 0 aliphatic rings. The minimum atomic E-state index is -0.118. The van der Waals surface area contributed by atoms with Gasteiger partial charge < -0.3 is 4.98 Å². The second kappa shape index (κ2) is 7.14. The van der Waals surface area contributed by atoms with Crippen molar-refractivity contribution < 1.29 is 4.79 Å². The predicted octanol–water partition coefficient (Wildman–Crippen LogP) is 4.65. The Labute approximate surface area is 154 Å². The number of H-pyrrole nitrogens is 1. The number of thiophene rings is 1. The number of thioether (sulfide) groups is 1. The van der Waals surface area contributed by atoms with Gasteiger partial charge >= 0.3 is 0 Å². The number of ketones is 1. The van der Waals surface area contributed by atoms with E-state index in [1.54, 1.807) is 18.3 Å². The van der Waals surface area contributed by atoms with E-state index in [0.717, 1.165) is 20.8 Å². The van der Waals surface area contributed by atoms with E-state index in [1.165, 1.54) is 22.9 Å². The predicted molar refractivity (Wildman–Crippen MR) is 106 cm³/mol. The molecule has 6 heteroatoms. The maximum atomic E-state index is 12.7. The minimum absolute atomic E-state index is 0.118. The molecule has 2 heterocycles. The summed E-state index contributed by atoms with van der Waals surface area (Å²) < 4.78 is 0. The van der Waals surface area contributed by atoms with E-state index < -0.39 is 0 Å². The van der Waals surface area contributed by atoms with Gasteiger partial charge in [0.25, 0.3) is 5.56 Å². The van der Waals surface area contributed by atoms with Crippen molar-refractivity contribution in [1.82, 2.24) is 9.97 Å². The molecule has 2 aromatic heterocycles. The summed E-state index contributed by atoms with van der Waals surface area (Å²) in [5.41, 5.74) is 4.34. The molecule has 130 valence electrons. The van der Waals surface area contributed by atoms with E-state index in [1.807, 2.05) is 6.92 Å². The highest BCUT2D eigenvalue weighted by Crippen LogP contribution is 2.36. The number of Topliss-reactive ketones (excluding diaryl/α,β-unsaturated/α-hetero) is 1. The van der Waals surface area contributed by atoms with Crippen LogP contribution in [0.15, 0.2) is 28.2 Å². The molecule has 0 bridgehead atoms. The zero-order valence-corrected chi connectivity index (χ0v) is 16.4. The van der Waals surface area contributed by atoms with Crippen molar-refractivity contribution in [2.45, 2.75) is 39.3 Å². The van der Waals surface area contributed by atoms with Crippen molar-refractivity contribution in [3.8, 4) is 11.1 Å². The van der Waals surface area contributed by atoms with Gasteiger partial charge in [-0.15, -0.1) is 11.3 Å². The summed E-state index contributed by atoms with van der Waals surface area (Å²) in [5.74, 6) is 0.762. The van der Waals surface area contributed by atoms with Crippen LogP contribution in [0, 0.1) is 20.8 Å². The first-order valence-corrected chi connectivity index (χ1v) is 9.90. The van der Waals surface area contributed by atoms with E-state index in [2.05, 4.69) is 42.0 Å². The van der Waals surface area contributed by atoms with E-state index in [-0.39, 0.29) is 11.3 Å². The van der Waals surface area contributed by atoms with Gasteiger partial charge in [-0.05, 0) is 44.4 Å². The highest BCUT2D eigenvalue weighted by Gasteiger charge is 2.17. The molecule has 0 aliphatic carbocycles. The second-order valence-electron chi connectivity index (χ2n) is 6.18. The lowest BCUT2D eigenvalue weighted by atomic mass is 9.99. The van der Waals surface area contributed by atoms with Crippen LogP contribution in [-0.2, 0) is 4.79 Å². The average molecular weight is 373 g/mol. The van der Waals surface area contributed by atoms with Crippen molar-refractivity contribution in [3.63, 3.8) is 0 Å². The van der Waals surface area contributed by atoms with Crippen LogP contribution in [0.1, 0.15) is 29.3 Å². The SMILES string of the molecule is CC(=O)CCSc1nc2sc(C)c(-c3ccc(C)c(C)c3)c2c(=O)[nH]1. The summed E-state index contributed by atoms with van der Waals surface area (Å²) in [4.78, 5) is 33.0. The molecule has 25 heavy (non-hydrogen) atoms. The quantitative estimate of drug-likeness (QED) is 0.523. The number of aromatic nitrogens is 2. The van der Waals surface area contributed by atoms with E-state index in [0.29, 0.717) is 22.7 Å². The summed E-state index contributed by atoms with van der Waals surface area (Å²) >= 11 is 2.95. The van der Waals surface area contributed by atoms with Gasteiger partial charge in [-0.3, -0.25) is 9.59 Å². The summed E-state index contributed by atoms with van der Waals surface area (Å²) in [6.07, 6.45) is 0.476. The Kier molecular flexibility index (Phi) is 5.11. The van der Waals surface area contributed by atoms with E-state index in [9.17, 15) is 9.59 Å². The van der Waals surface area contributed by atoms with Crippen molar-refractivity contribution in [2.24, 2.45) is 0 Å². The fraction of sp³-hybridized carbons (Fsp3) is 0.316. The van der Waals surface area contributed by atoms with Gasteiger partial charge in [-0.25, -0.2) is 4.98 Å². The highest BCUT2D eigenvalue weighted by atomic mass is 32.2. The third kappa shape index (κ3) is 3.70. The number of aromatic amines is 1. The lowest BCUT2D eigenvalue weighted by Gasteiger charge is -2.06. The molecule has 0 amide bonds. The number of aryl methyl sites for hydroxylation is 3. The van der Waals surface area contributed by atoms with Crippen molar-refractivity contribution >= 4 is 39.1 Å². The Bertz CT molecular complexity index is 1020. The maximum absolute atomic E-state index is 12.7. The Morgan fingerprint density at radius 2 is 2.00 bits per heavy atom. The molecule has 3 rings (SSSR count). The molecule has 3 aromatic rings. The molecule has 0 aliphatic heterocycles. The molecule has 1 N–H and O–H groups in total. The van der Waals surface area contributed by atoms with Crippen LogP contribution in [0.2, 0.25) is 0 Å². The van der Waals surface area contributed by atoms with Crippen LogP contribution in [0.4, 0.5) is 0 Å². The number of nitrogens with zero attached hydrogens (tertiary/aromatic N) is 1. The number of benzene rings is 1. The first-order chi connectivity index (χ1) is 11.9. The normalized spacial score (nSPS) is 11.2. The van der Waals surface area contributed by atoms with Crippen molar-refractivity contribution in [1.29, 1.82) is 0 Å². The second-order valence-corrected chi connectivity index (χ2v) is 8.47. The fourth-order valence-electron chi connectivity index (χ4n) is 2.70. The first-order valence-electron chi connectivity index (χ1n) is 8.10. The lowest BCUT2D eigenvalue weighted by molar-refractivity contribution is -0.116. The summed E-state index contributed by atoms with van der Waals surface area (Å²) in [7, 11) is 0. The smallest absolute Gasteiger partial charge is 0.260 e. The summed E-state index contributed by atoms with van der Waals surface area (Å²) in [6, 6.07) is 6.27. The molecule has 0 saturated heterocycles. The zero-order valence-electron chi connectivity index (χ0n) is 14.7. The Morgan fingerprint density at radius 1 is 1.24 bits per heavy atom. The molecule has 4 nitrogen and oxygen atoms in total. The van der Waals surface area contributed by atoms with Gasteiger partial charge in [0.1, 0.15) is 10.6 Å². The highest BCUT2D eigenvalue weighted by molar-refractivity contribution is 7.99. The fourth-order valence-corrected chi connectivity index (χ4v) is 4.71. The Balaban J connectivity index is 2.06. The molecule has 0 saturated carbocycles. The number of nitrogens with one attached hydrogen (secondary N) is 1. The van der Waals surface area contributed by atoms with E-state index >= 15 is 0 Å². The summed E-state index contributed by atoms with van der Waals surface area (Å²) in [5, 5.41) is 1.23. The largest absolute Gasteiger partial charge is 0.301 e. The van der Waals surface area contributed by atoms with Gasteiger partial charge in [0.05, 0.1) is 5.39 Å². The molecule has 0 unspecified atom stereocenters. The molecule has 0 atom stereocenters. The van der Waals surface area contributed by atoms with Gasteiger partial charge in [-0.2, -0.15) is 0 Å². The average Bonchev–Trinajstić information content (AvgIpc) is 2.86. The molecule has 1 aromatic carbocycles. The van der Waals surface area contributed by atoms with Gasteiger partial charge in [0.2, 0.25) is 0 Å². The number of hydrogen-bond donors (Lipinski definition) is 1. The lowest BCUT2D eigenvalue weighted by Crippen LogP contribution is -2.09. The maximum Gasteiger partial charge on any atom is 0.260 e. The number of carbonyl (C=O) groups is 1. The minimum Gasteiger partial charge on any atom is -0.301 e. The van der Waals surface area contributed by atoms with Crippen LogP contribution >= 0.6 is 23.1 Å². The first kappa shape index (κ1) is 17.9. The van der Waals surface area contributed by atoms with Crippen molar-refractivity contribution in [3.05, 3.63) is 44.6 Å². The van der Waals surface area contributed by atoms with Crippen LogP contribution in [0.3, 0.4) is 0 Å². The third-order valence-corrected chi connectivity index (χ3v) is 6.08. The molecular weight excluding hydrogens is 352 g/mol. The standard InChI is InChI=1S/C19H20N2O2S2/c1-10-5-6-14(9-11(10)2)15-13(4)25-18-16(15)17(23)20-19(21-18)24-8-7-12(3)22/h5-6,9H,7-8H2,1-4H3,(H,20,21,23).